The minimum Gasteiger partial charge on any atom is -0.486 e. The molecule has 2 heterocycles. The topological polar surface area (TPSA) is 51.2 Å². The minimum absolute atomic E-state index is 0.209. The van der Waals surface area contributed by atoms with Gasteiger partial charge in [0.1, 0.15) is 13.2 Å². The van der Waals surface area contributed by atoms with Crippen LogP contribution in [0.4, 0.5) is 0 Å². The molecule has 21 heavy (non-hydrogen) atoms. The molecule has 0 spiro atoms. The monoisotopic (exact) mass is 293 g/mol. The maximum Gasteiger partial charge on any atom is 0.161 e. The van der Waals surface area contributed by atoms with Crippen LogP contribution < -0.4 is 9.47 Å². The normalized spacial score (nSPS) is 27.4. The van der Waals surface area contributed by atoms with Gasteiger partial charge in [0.05, 0.1) is 18.3 Å². The number of aliphatic hydroxyl groups excluding tert-OH is 1. The molecule has 0 radical (unpaired) electrons. The summed E-state index contributed by atoms with van der Waals surface area (Å²) in [6.07, 6.45) is -0.110. The lowest BCUT2D eigenvalue weighted by Gasteiger charge is -2.36. The van der Waals surface area contributed by atoms with Crippen LogP contribution >= 0.6 is 0 Å². The highest BCUT2D eigenvalue weighted by molar-refractivity contribution is 5.44. The van der Waals surface area contributed by atoms with Crippen molar-refractivity contribution >= 4 is 0 Å². The van der Waals surface area contributed by atoms with Crippen LogP contribution in [0.1, 0.15) is 25.5 Å². The van der Waals surface area contributed by atoms with Crippen molar-refractivity contribution in [2.24, 2.45) is 0 Å². The SMILES string of the molecule is C[C@@H]1CN(CC(O)c2ccc3c(c2)OCCO3)C[C@H](C)O1. The Labute approximate surface area is 125 Å². The lowest BCUT2D eigenvalue weighted by Crippen LogP contribution is -2.46. The first kappa shape index (κ1) is 14.6. The van der Waals surface area contributed by atoms with E-state index in [2.05, 4.69) is 18.7 Å². The molecule has 2 aliphatic heterocycles. The Morgan fingerprint density at radius 1 is 1.14 bits per heavy atom. The highest BCUT2D eigenvalue weighted by atomic mass is 16.6. The molecule has 3 rings (SSSR count). The van der Waals surface area contributed by atoms with Gasteiger partial charge in [0, 0.05) is 19.6 Å². The van der Waals surface area contributed by atoms with Crippen LogP contribution in [0.15, 0.2) is 18.2 Å². The van der Waals surface area contributed by atoms with Gasteiger partial charge in [-0.3, -0.25) is 4.90 Å². The first-order valence-electron chi connectivity index (χ1n) is 7.57. The van der Waals surface area contributed by atoms with Gasteiger partial charge in [-0.05, 0) is 31.5 Å². The third-order valence-electron chi connectivity index (χ3n) is 3.88. The van der Waals surface area contributed by atoms with Gasteiger partial charge in [0.2, 0.25) is 0 Å². The molecule has 0 amide bonds. The molecule has 3 atom stereocenters. The largest absolute Gasteiger partial charge is 0.486 e. The van der Waals surface area contributed by atoms with E-state index in [0.29, 0.717) is 19.8 Å². The van der Waals surface area contributed by atoms with Gasteiger partial charge in [-0.15, -0.1) is 0 Å². The van der Waals surface area contributed by atoms with Gasteiger partial charge in [-0.25, -0.2) is 0 Å². The summed E-state index contributed by atoms with van der Waals surface area (Å²) in [5, 5.41) is 10.5. The lowest BCUT2D eigenvalue weighted by molar-refractivity contribution is -0.0767. The quantitative estimate of drug-likeness (QED) is 0.917. The predicted octanol–water partition coefficient (Wildman–Crippen LogP) is 1.60. The van der Waals surface area contributed by atoms with E-state index in [1.165, 1.54) is 0 Å². The number of rotatable bonds is 3. The maximum absolute atomic E-state index is 10.5. The molecule has 2 aliphatic rings. The first-order chi connectivity index (χ1) is 10.1. The second kappa shape index (κ2) is 6.22. The zero-order chi connectivity index (χ0) is 14.8. The smallest absolute Gasteiger partial charge is 0.161 e. The van der Waals surface area contributed by atoms with Crippen molar-refractivity contribution in [3.05, 3.63) is 23.8 Å². The fraction of sp³-hybridized carbons (Fsp3) is 0.625. The third kappa shape index (κ3) is 3.48. The number of nitrogens with zero attached hydrogens (tertiary/aromatic N) is 1. The molecule has 116 valence electrons. The number of benzene rings is 1. The average molecular weight is 293 g/mol. The number of hydrogen-bond donors (Lipinski definition) is 1. The van der Waals surface area contributed by atoms with Crippen LogP contribution in [-0.4, -0.2) is 55.1 Å². The number of aliphatic hydroxyl groups is 1. The average Bonchev–Trinajstić information content (AvgIpc) is 2.45. The van der Waals surface area contributed by atoms with E-state index in [1.807, 2.05) is 18.2 Å². The van der Waals surface area contributed by atoms with Crippen LogP contribution in [0.25, 0.3) is 0 Å². The van der Waals surface area contributed by atoms with Crippen molar-refractivity contribution < 1.29 is 19.3 Å². The zero-order valence-corrected chi connectivity index (χ0v) is 12.6. The van der Waals surface area contributed by atoms with Gasteiger partial charge in [-0.2, -0.15) is 0 Å². The van der Waals surface area contributed by atoms with E-state index >= 15 is 0 Å². The Hall–Kier alpha value is -1.30. The zero-order valence-electron chi connectivity index (χ0n) is 12.6. The lowest BCUT2D eigenvalue weighted by atomic mass is 10.1. The van der Waals surface area contributed by atoms with E-state index < -0.39 is 6.10 Å². The molecule has 5 nitrogen and oxygen atoms in total. The van der Waals surface area contributed by atoms with E-state index in [1.54, 1.807) is 0 Å². The van der Waals surface area contributed by atoms with Crippen LogP contribution in [0.3, 0.4) is 0 Å². The van der Waals surface area contributed by atoms with E-state index in [-0.39, 0.29) is 12.2 Å². The fourth-order valence-electron chi connectivity index (χ4n) is 3.05. The summed E-state index contributed by atoms with van der Waals surface area (Å²) in [5.41, 5.74) is 0.867. The van der Waals surface area contributed by atoms with Gasteiger partial charge in [0.15, 0.2) is 11.5 Å². The highest BCUT2D eigenvalue weighted by Crippen LogP contribution is 2.33. The minimum atomic E-state index is -0.529. The van der Waals surface area contributed by atoms with Crippen LogP contribution in [0, 0.1) is 0 Å². The van der Waals surface area contributed by atoms with Crippen molar-refractivity contribution in [3.8, 4) is 11.5 Å². The Kier molecular flexibility index (Phi) is 4.33. The van der Waals surface area contributed by atoms with Gasteiger partial charge in [-0.1, -0.05) is 6.07 Å². The Morgan fingerprint density at radius 2 is 1.81 bits per heavy atom. The predicted molar refractivity (Wildman–Crippen MR) is 78.8 cm³/mol. The van der Waals surface area contributed by atoms with Gasteiger partial charge in [0.25, 0.3) is 0 Å². The Balaban J connectivity index is 1.66. The van der Waals surface area contributed by atoms with Crippen LogP contribution in [0.5, 0.6) is 11.5 Å². The summed E-state index contributed by atoms with van der Waals surface area (Å²) in [6.45, 7) is 7.59. The van der Waals surface area contributed by atoms with E-state index in [0.717, 1.165) is 30.2 Å². The van der Waals surface area contributed by atoms with Gasteiger partial charge < -0.3 is 19.3 Å². The summed E-state index contributed by atoms with van der Waals surface area (Å²) in [5.74, 6) is 1.48. The van der Waals surface area contributed by atoms with Crippen molar-refractivity contribution in [1.82, 2.24) is 4.90 Å². The summed E-state index contributed by atoms with van der Waals surface area (Å²) in [4.78, 5) is 2.25. The number of fused-ring (bicyclic) bond motifs is 1. The maximum atomic E-state index is 10.5. The molecular weight excluding hydrogens is 270 g/mol. The number of ether oxygens (including phenoxy) is 3. The molecule has 1 saturated heterocycles. The summed E-state index contributed by atoms with van der Waals surface area (Å²) in [7, 11) is 0. The second-order valence-corrected chi connectivity index (χ2v) is 5.89. The Morgan fingerprint density at radius 3 is 2.52 bits per heavy atom. The van der Waals surface area contributed by atoms with Gasteiger partial charge >= 0.3 is 0 Å². The molecule has 0 aliphatic carbocycles. The Bertz CT molecular complexity index is 483. The standard InChI is InChI=1S/C16H23NO4/c1-11-8-17(9-12(2)21-11)10-14(18)13-3-4-15-16(7-13)20-6-5-19-15/h3-4,7,11-12,14,18H,5-6,8-10H2,1-2H3/t11-,12+,14?. The summed E-state index contributed by atoms with van der Waals surface area (Å²) in [6, 6.07) is 5.66. The molecule has 0 aromatic heterocycles. The van der Waals surface area contributed by atoms with Crippen molar-refractivity contribution in [1.29, 1.82) is 0 Å². The van der Waals surface area contributed by atoms with Crippen molar-refractivity contribution in [3.63, 3.8) is 0 Å². The van der Waals surface area contributed by atoms with Crippen LogP contribution in [0.2, 0.25) is 0 Å². The summed E-state index contributed by atoms with van der Waals surface area (Å²) >= 11 is 0. The molecule has 1 aromatic rings. The van der Waals surface area contributed by atoms with Crippen LogP contribution in [-0.2, 0) is 4.74 Å². The van der Waals surface area contributed by atoms with E-state index in [4.69, 9.17) is 14.2 Å². The summed E-state index contributed by atoms with van der Waals surface area (Å²) < 4.78 is 16.8. The van der Waals surface area contributed by atoms with Crippen molar-refractivity contribution in [2.45, 2.75) is 32.2 Å². The highest BCUT2D eigenvalue weighted by Gasteiger charge is 2.25. The molecule has 5 heteroatoms. The molecule has 1 N–H and O–H groups in total. The number of morpholine rings is 1. The third-order valence-corrected chi connectivity index (χ3v) is 3.88. The molecular formula is C16H23NO4. The first-order valence-corrected chi connectivity index (χ1v) is 7.57. The molecule has 1 unspecified atom stereocenters. The van der Waals surface area contributed by atoms with E-state index in [9.17, 15) is 5.11 Å². The molecule has 1 aromatic carbocycles. The second-order valence-electron chi connectivity index (χ2n) is 5.89. The molecule has 1 fully saturated rings. The molecule has 0 saturated carbocycles. The van der Waals surface area contributed by atoms with Crippen molar-refractivity contribution in [2.75, 3.05) is 32.8 Å². The number of β-amino-alcohol motifs (C(OH)–C–C–N with tert-alkyl or cyclic N) is 1. The number of hydrogen-bond acceptors (Lipinski definition) is 5. The molecule has 0 bridgehead atoms. The fourth-order valence-corrected chi connectivity index (χ4v) is 3.05.